The van der Waals surface area contributed by atoms with Crippen molar-refractivity contribution in [1.82, 2.24) is 10.2 Å². The number of carboxylic acid groups (broad SMARTS) is 1. The normalized spacial score (nSPS) is 22.6. The molecule has 0 radical (unpaired) electrons. The lowest BCUT2D eigenvalue weighted by Crippen LogP contribution is -2.71. The number of carboxylic acids is 1. The van der Waals surface area contributed by atoms with Crippen molar-refractivity contribution in [2.45, 2.75) is 11.4 Å². The molecule has 138 valence electrons. The Kier molecular flexibility index (Phi) is 5.00. The van der Waals surface area contributed by atoms with Gasteiger partial charge in [0.25, 0.3) is 11.8 Å². The smallest absolute Gasteiger partial charge is 0.352 e. The van der Waals surface area contributed by atoms with Crippen LogP contribution in [0.5, 0.6) is 0 Å². The fraction of sp³-hybridized carbons (Fsp3) is 0.333. The Hall–Kier alpha value is -2.79. The molecular weight excluding hydrogens is 366 g/mol. The van der Waals surface area contributed by atoms with E-state index in [1.165, 1.54) is 31.2 Å². The van der Waals surface area contributed by atoms with E-state index in [9.17, 15) is 24.6 Å². The van der Waals surface area contributed by atoms with E-state index < -0.39 is 35.8 Å². The van der Waals surface area contributed by atoms with Crippen LogP contribution in [0.25, 0.3) is 0 Å². The summed E-state index contributed by atoms with van der Waals surface area (Å²) in [7, 11) is 1.27. The molecule has 11 heteroatoms. The molecule has 2 atom stereocenters. The summed E-state index contributed by atoms with van der Waals surface area (Å²) in [4.78, 5) is 42.0. The van der Waals surface area contributed by atoms with E-state index in [0.717, 1.165) is 4.90 Å². The Morgan fingerprint density at radius 3 is 2.88 bits per heavy atom. The summed E-state index contributed by atoms with van der Waals surface area (Å²) in [5.41, 5.74) is -0.118. The molecule has 0 aromatic carbocycles. The Bertz CT molecular complexity index is 802. The van der Waals surface area contributed by atoms with Crippen LogP contribution in [0.1, 0.15) is 5.76 Å². The number of hydrogen-bond acceptors (Lipinski definition) is 8. The number of carbonyl (C=O) groups excluding carboxylic acids is 2. The average Bonchev–Trinajstić information content (AvgIpc) is 3.16. The van der Waals surface area contributed by atoms with Crippen LogP contribution in [0, 0.1) is 0 Å². The zero-order chi connectivity index (χ0) is 18.8. The second-order valence-electron chi connectivity index (χ2n) is 5.38. The number of fused-ring (bicyclic) bond motifs is 1. The number of carbonyl (C=O) groups is 3. The number of aliphatic hydroxyl groups excluding tert-OH is 1. The van der Waals surface area contributed by atoms with Crippen LogP contribution in [0.2, 0.25) is 0 Å². The van der Waals surface area contributed by atoms with Gasteiger partial charge in [-0.2, -0.15) is 0 Å². The number of rotatable bonds is 6. The van der Waals surface area contributed by atoms with Gasteiger partial charge in [0.1, 0.15) is 24.2 Å². The molecule has 1 fully saturated rings. The van der Waals surface area contributed by atoms with Crippen LogP contribution in [-0.2, 0) is 19.2 Å². The maximum Gasteiger partial charge on any atom is 0.352 e. The zero-order valence-corrected chi connectivity index (χ0v) is 14.4. The minimum Gasteiger partial charge on any atom is -0.477 e. The fourth-order valence-electron chi connectivity index (χ4n) is 2.72. The summed E-state index contributed by atoms with van der Waals surface area (Å²) >= 11 is 1.26. The average molecular weight is 381 g/mol. The van der Waals surface area contributed by atoms with Gasteiger partial charge in [-0.05, 0) is 17.7 Å². The lowest BCUT2D eigenvalue weighted by atomic mass is 10.0. The number of aliphatic hydroxyl groups is 1. The number of amides is 2. The minimum atomic E-state index is -1.30. The number of nitrogens with one attached hydrogen (secondary N) is 1. The van der Waals surface area contributed by atoms with Crippen molar-refractivity contribution in [1.29, 1.82) is 0 Å². The van der Waals surface area contributed by atoms with Crippen molar-refractivity contribution in [2.24, 2.45) is 5.16 Å². The molecule has 1 aromatic heterocycles. The van der Waals surface area contributed by atoms with Gasteiger partial charge in [0.05, 0.1) is 12.9 Å². The molecule has 0 unspecified atom stereocenters. The Balaban J connectivity index is 1.78. The third kappa shape index (κ3) is 2.95. The van der Waals surface area contributed by atoms with E-state index in [4.69, 9.17) is 4.42 Å². The highest BCUT2D eigenvalue weighted by Gasteiger charge is 2.54. The van der Waals surface area contributed by atoms with Gasteiger partial charge in [0.15, 0.2) is 5.76 Å². The van der Waals surface area contributed by atoms with Crippen LogP contribution in [0.3, 0.4) is 0 Å². The molecule has 26 heavy (non-hydrogen) atoms. The first-order chi connectivity index (χ1) is 12.5. The van der Waals surface area contributed by atoms with Gasteiger partial charge in [-0.3, -0.25) is 14.5 Å². The van der Waals surface area contributed by atoms with Crippen LogP contribution >= 0.6 is 11.8 Å². The van der Waals surface area contributed by atoms with Crippen molar-refractivity contribution in [3.63, 3.8) is 0 Å². The zero-order valence-electron chi connectivity index (χ0n) is 13.5. The molecule has 10 nitrogen and oxygen atoms in total. The second-order valence-corrected chi connectivity index (χ2v) is 6.48. The van der Waals surface area contributed by atoms with Gasteiger partial charge in [-0.1, -0.05) is 5.16 Å². The largest absolute Gasteiger partial charge is 0.477 e. The van der Waals surface area contributed by atoms with E-state index in [1.807, 2.05) is 0 Å². The van der Waals surface area contributed by atoms with E-state index in [0.29, 0.717) is 0 Å². The third-order valence-corrected chi connectivity index (χ3v) is 5.22. The Morgan fingerprint density at radius 2 is 2.31 bits per heavy atom. The lowest BCUT2D eigenvalue weighted by Gasteiger charge is -2.49. The number of oxime groups is 1. The Morgan fingerprint density at radius 1 is 1.54 bits per heavy atom. The van der Waals surface area contributed by atoms with Crippen molar-refractivity contribution in [2.75, 3.05) is 19.5 Å². The summed E-state index contributed by atoms with van der Waals surface area (Å²) in [5.74, 6) is -2.15. The van der Waals surface area contributed by atoms with E-state index in [2.05, 4.69) is 15.3 Å². The van der Waals surface area contributed by atoms with Crippen molar-refractivity contribution >= 4 is 35.3 Å². The number of nitrogens with zero attached hydrogens (tertiary/aromatic N) is 2. The number of furan rings is 1. The highest BCUT2D eigenvalue weighted by atomic mass is 32.2. The quantitative estimate of drug-likeness (QED) is 0.336. The fourth-order valence-corrected chi connectivity index (χ4v) is 4.05. The molecule has 0 spiro atoms. The second kappa shape index (κ2) is 7.22. The summed E-state index contributed by atoms with van der Waals surface area (Å²) < 4.78 is 5.13. The molecule has 2 aliphatic heterocycles. The lowest BCUT2D eigenvalue weighted by molar-refractivity contribution is -0.150. The first-order valence-corrected chi connectivity index (χ1v) is 8.51. The van der Waals surface area contributed by atoms with Gasteiger partial charge in [0.2, 0.25) is 5.71 Å². The van der Waals surface area contributed by atoms with E-state index in [-0.39, 0.29) is 28.5 Å². The molecule has 1 aromatic rings. The standard InChI is InChI=1S/C15H15N3O7S/c1-24-17-9(8-3-2-4-25-8)12(20)16-10-13(21)18-11(15(22)23)7(5-19)6-26-14(10)18/h2-4,10,14,19H,5-6H2,1H3,(H,16,20)(H,22,23)/b17-9+/t10-,14+/m1/s1. The molecule has 2 aliphatic rings. The first-order valence-electron chi connectivity index (χ1n) is 7.46. The van der Waals surface area contributed by atoms with Crippen molar-refractivity contribution in [3.8, 4) is 0 Å². The van der Waals surface area contributed by atoms with Crippen LogP contribution in [-0.4, -0.2) is 69.5 Å². The van der Waals surface area contributed by atoms with E-state index in [1.54, 1.807) is 6.07 Å². The van der Waals surface area contributed by atoms with Crippen LogP contribution in [0.15, 0.2) is 39.2 Å². The number of β-lactam (4-membered cyclic amide) rings is 1. The predicted molar refractivity (Wildman–Crippen MR) is 89.0 cm³/mol. The van der Waals surface area contributed by atoms with Gasteiger partial charge >= 0.3 is 5.97 Å². The third-order valence-electron chi connectivity index (χ3n) is 3.88. The molecule has 3 rings (SSSR count). The summed E-state index contributed by atoms with van der Waals surface area (Å²) in [5, 5.41) is 24.2. The number of hydrogen-bond donors (Lipinski definition) is 3. The summed E-state index contributed by atoms with van der Waals surface area (Å²) in [6.07, 6.45) is 1.36. The topological polar surface area (TPSA) is 142 Å². The SMILES string of the molecule is CO/N=C(/C(=O)N[C@@H]1C(=O)N2C(C(=O)O)=C(CO)CS[C@@H]12)c1ccco1. The molecule has 1 saturated heterocycles. The highest BCUT2D eigenvalue weighted by Crippen LogP contribution is 2.40. The van der Waals surface area contributed by atoms with Gasteiger partial charge in [0, 0.05) is 5.75 Å². The number of thioether (sulfide) groups is 1. The molecule has 3 heterocycles. The predicted octanol–water partition coefficient (Wildman–Crippen LogP) is -0.639. The summed E-state index contributed by atoms with van der Waals surface area (Å²) in [6.45, 7) is -0.453. The molecule has 0 bridgehead atoms. The number of aliphatic carboxylic acids is 1. The van der Waals surface area contributed by atoms with Crippen LogP contribution in [0.4, 0.5) is 0 Å². The first kappa shape index (κ1) is 18.0. The highest BCUT2D eigenvalue weighted by molar-refractivity contribution is 8.00. The van der Waals surface area contributed by atoms with Gasteiger partial charge in [-0.15, -0.1) is 11.8 Å². The van der Waals surface area contributed by atoms with Crippen molar-refractivity contribution in [3.05, 3.63) is 35.4 Å². The maximum atomic E-state index is 12.5. The molecule has 3 N–H and O–H groups in total. The monoisotopic (exact) mass is 381 g/mol. The van der Waals surface area contributed by atoms with Crippen molar-refractivity contribution < 1.29 is 33.9 Å². The molecule has 0 aliphatic carbocycles. The minimum absolute atomic E-state index is 0.144. The molecule has 0 saturated carbocycles. The van der Waals surface area contributed by atoms with Gasteiger partial charge < -0.3 is 24.8 Å². The maximum absolute atomic E-state index is 12.5. The molecule has 2 amide bonds. The van der Waals surface area contributed by atoms with Crippen LogP contribution < -0.4 is 5.32 Å². The van der Waals surface area contributed by atoms with E-state index >= 15 is 0 Å². The Labute approximate surface area is 151 Å². The molecular formula is C15H15N3O7S. The summed E-state index contributed by atoms with van der Waals surface area (Å²) in [6, 6.07) is 2.17. The van der Waals surface area contributed by atoms with Gasteiger partial charge in [-0.25, -0.2) is 4.79 Å².